The summed E-state index contributed by atoms with van der Waals surface area (Å²) in [7, 11) is 0. The summed E-state index contributed by atoms with van der Waals surface area (Å²) in [5, 5.41) is 0. The highest BCUT2D eigenvalue weighted by Gasteiger charge is 2.17. The number of ether oxygens (including phenoxy) is 2. The lowest BCUT2D eigenvalue weighted by atomic mass is 10.2. The third-order valence-corrected chi connectivity index (χ3v) is 1.33. The van der Waals surface area contributed by atoms with E-state index < -0.39 is 0 Å². The normalized spacial score (nSPS) is 25.1. The summed E-state index contributed by atoms with van der Waals surface area (Å²) < 4.78 is 10.3. The maximum Gasteiger partial charge on any atom is 0.0830 e. The monoisotopic (exact) mass is 128 g/mol. The third kappa shape index (κ3) is 2.16. The average Bonchev–Trinajstić information content (AvgIpc) is 1.76. The molecule has 1 heterocycles. The lowest BCUT2D eigenvalue weighted by molar-refractivity contribution is -0.0901. The summed E-state index contributed by atoms with van der Waals surface area (Å²) in [6, 6.07) is 0. The molecular formula is C7H12O2. The fourth-order valence-electron chi connectivity index (χ4n) is 0.699. The van der Waals surface area contributed by atoms with E-state index >= 15 is 0 Å². The molecule has 2 nitrogen and oxygen atoms in total. The molecule has 0 amide bonds. The molecule has 0 aromatic heterocycles. The third-order valence-electron chi connectivity index (χ3n) is 1.33. The van der Waals surface area contributed by atoms with Crippen LogP contribution in [0, 0.1) is 0 Å². The van der Waals surface area contributed by atoms with E-state index in [1.54, 1.807) is 6.08 Å². The molecule has 0 N–H and O–H groups in total. The van der Waals surface area contributed by atoms with Crippen LogP contribution in [0.4, 0.5) is 0 Å². The Morgan fingerprint density at radius 2 is 2.56 bits per heavy atom. The SMILES string of the molecule is C=CCOCC1CCO1. The minimum Gasteiger partial charge on any atom is -0.376 e. The lowest BCUT2D eigenvalue weighted by Crippen LogP contribution is -2.31. The second-order valence-corrected chi connectivity index (χ2v) is 2.11. The predicted molar refractivity (Wildman–Crippen MR) is 35.4 cm³/mol. The molecule has 0 saturated carbocycles. The van der Waals surface area contributed by atoms with Gasteiger partial charge in [-0.15, -0.1) is 6.58 Å². The van der Waals surface area contributed by atoms with Crippen LogP contribution in [0.2, 0.25) is 0 Å². The van der Waals surface area contributed by atoms with Crippen molar-refractivity contribution >= 4 is 0 Å². The fourth-order valence-corrected chi connectivity index (χ4v) is 0.699. The molecule has 52 valence electrons. The zero-order valence-corrected chi connectivity index (χ0v) is 5.51. The van der Waals surface area contributed by atoms with Crippen LogP contribution in [0.1, 0.15) is 6.42 Å². The van der Waals surface area contributed by atoms with Gasteiger partial charge < -0.3 is 9.47 Å². The van der Waals surface area contributed by atoms with Crippen LogP contribution >= 0.6 is 0 Å². The van der Waals surface area contributed by atoms with Crippen LogP contribution in [-0.2, 0) is 9.47 Å². The minimum absolute atomic E-state index is 0.366. The molecule has 1 fully saturated rings. The van der Waals surface area contributed by atoms with Crippen molar-refractivity contribution in [3.63, 3.8) is 0 Å². The van der Waals surface area contributed by atoms with E-state index in [2.05, 4.69) is 6.58 Å². The largest absolute Gasteiger partial charge is 0.376 e. The molecule has 0 spiro atoms. The Morgan fingerprint density at radius 1 is 1.78 bits per heavy atom. The Labute approximate surface area is 55.5 Å². The van der Waals surface area contributed by atoms with Gasteiger partial charge in [0.1, 0.15) is 0 Å². The molecule has 1 atom stereocenters. The summed E-state index contributed by atoms with van der Waals surface area (Å²) in [6.07, 6.45) is 3.26. The summed E-state index contributed by atoms with van der Waals surface area (Å²) in [5.74, 6) is 0. The first-order valence-corrected chi connectivity index (χ1v) is 3.23. The van der Waals surface area contributed by atoms with E-state index in [0.717, 1.165) is 19.6 Å². The van der Waals surface area contributed by atoms with Crippen molar-refractivity contribution in [3.8, 4) is 0 Å². The Morgan fingerprint density at radius 3 is 3.00 bits per heavy atom. The molecule has 9 heavy (non-hydrogen) atoms. The zero-order valence-electron chi connectivity index (χ0n) is 5.51. The van der Waals surface area contributed by atoms with Gasteiger partial charge in [0.15, 0.2) is 0 Å². The van der Waals surface area contributed by atoms with E-state index in [4.69, 9.17) is 9.47 Å². The fraction of sp³-hybridized carbons (Fsp3) is 0.714. The summed E-state index contributed by atoms with van der Waals surface area (Å²) in [6.45, 7) is 5.81. The van der Waals surface area contributed by atoms with Crippen LogP contribution in [0.3, 0.4) is 0 Å². The molecule has 1 aliphatic heterocycles. The van der Waals surface area contributed by atoms with E-state index in [1.165, 1.54) is 0 Å². The first-order chi connectivity index (χ1) is 4.43. The Balaban J connectivity index is 1.85. The molecule has 1 unspecified atom stereocenters. The second-order valence-electron chi connectivity index (χ2n) is 2.11. The lowest BCUT2D eigenvalue weighted by Gasteiger charge is -2.25. The van der Waals surface area contributed by atoms with Gasteiger partial charge in [0, 0.05) is 6.61 Å². The van der Waals surface area contributed by atoms with Crippen LogP contribution < -0.4 is 0 Å². The minimum atomic E-state index is 0.366. The van der Waals surface area contributed by atoms with Crippen molar-refractivity contribution in [2.24, 2.45) is 0 Å². The molecule has 0 bridgehead atoms. The first kappa shape index (κ1) is 6.78. The van der Waals surface area contributed by atoms with E-state index in [0.29, 0.717) is 12.7 Å². The molecule has 2 heteroatoms. The van der Waals surface area contributed by atoms with Crippen molar-refractivity contribution in [2.45, 2.75) is 12.5 Å². The molecule has 1 aliphatic rings. The molecule has 1 saturated heterocycles. The van der Waals surface area contributed by atoms with Gasteiger partial charge in [0.05, 0.1) is 19.3 Å². The van der Waals surface area contributed by atoms with Gasteiger partial charge in [0.2, 0.25) is 0 Å². The van der Waals surface area contributed by atoms with Crippen LogP contribution in [0.5, 0.6) is 0 Å². The Kier molecular flexibility index (Phi) is 2.74. The highest BCUT2D eigenvalue weighted by atomic mass is 16.5. The van der Waals surface area contributed by atoms with Gasteiger partial charge in [-0.25, -0.2) is 0 Å². The highest BCUT2D eigenvalue weighted by Crippen LogP contribution is 2.10. The summed E-state index contributed by atoms with van der Waals surface area (Å²) >= 11 is 0. The molecular weight excluding hydrogens is 116 g/mol. The standard InChI is InChI=1S/C7H12O2/c1-2-4-8-6-7-3-5-9-7/h2,7H,1,3-6H2. The van der Waals surface area contributed by atoms with Crippen molar-refractivity contribution < 1.29 is 9.47 Å². The molecule has 0 aromatic rings. The maximum atomic E-state index is 5.14. The average molecular weight is 128 g/mol. The van der Waals surface area contributed by atoms with Gasteiger partial charge in [0.25, 0.3) is 0 Å². The summed E-state index contributed by atoms with van der Waals surface area (Å²) in [5.41, 5.74) is 0. The van der Waals surface area contributed by atoms with Crippen LogP contribution in [-0.4, -0.2) is 25.9 Å². The number of hydrogen-bond donors (Lipinski definition) is 0. The van der Waals surface area contributed by atoms with Gasteiger partial charge in [-0.05, 0) is 6.42 Å². The predicted octanol–water partition coefficient (Wildman–Crippen LogP) is 0.978. The van der Waals surface area contributed by atoms with Crippen molar-refractivity contribution in [1.82, 2.24) is 0 Å². The topological polar surface area (TPSA) is 18.5 Å². The van der Waals surface area contributed by atoms with Crippen molar-refractivity contribution in [1.29, 1.82) is 0 Å². The van der Waals surface area contributed by atoms with Gasteiger partial charge in [-0.1, -0.05) is 6.08 Å². The second kappa shape index (κ2) is 3.64. The Bertz CT molecular complexity index is 86.9. The first-order valence-electron chi connectivity index (χ1n) is 3.23. The van der Waals surface area contributed by atoms with Gasteiger partial charge in [-0.2, -0.15) is 0 Å². The van der Waals surface area contributed by atoms with E-state index in [-0.39, 0.29) is 0 Å². The molecule has 0 aliphatic carbocycles. The summed E-state index contributed by atoms with van der Waals surface area (Å²) in [4.78, 5) is 0. The van der Waals surface area contributed by atoms with Crippen LogP contribution in [0.25, 0.3) is 0 Å². The quantitative estimate of drug-likeness (QED) is 0.415. The van der Waals surface area contributed by atoms with Crippen molar-refractivity contribution in [3.05, 3.63) is 12.7 Å². The van der Waals surface area contributed by atoms with Gasteiger partial charge >= 0.3 is 0 Å². The zero-order chi connectivity index (χ0) is 6.53. The molecule has 0 radical (unpaired) electrons. The molecule has 1 rings (SSSR count). The van der Waals surface area contributed by atoms with E-state index in [1.807, 2.05) is 0 Å². The smallest absolute Gasteiger partial charge is 0.0830 e. The van der Waals surface area contributed by atoms with Crippen molar-refractivity contribution in [2.75, 3.05) is 19.8 Å². The van der Waals surface area contributed by atoms with Crippen LogP contribution in [0.15, 0.2) is 12.7 Å². The highest BCUT2D eigenvalue weighted by molar-refractivity contribution is 4.68. The Hall–Kier alpha value is -0.340. The van der Waals surface area contributed by atoms with Gasteiger partial charge in [-0.3, -0.25) is 0 Å². The number of hydrogen-bond acceptors (Lipinski definition) is 2. The number of rotatable bonds is 4. The van der Waals surface area contributed by atoms with E-state index in [9.17, 15) is 0 Å². The maximum absolute atomic E-state index is 5.14. The molecule has 0 aromatic carbocycles.